The summed E-state index contributed by atoms with van der Waals surface area (Å²) in [7, 11) is -1.52. The van der Waals surface area contributed by atoms with Crippen molar-refractivity contribution in [3.8, 4) is 11.8 Å². The Morgan fingerprint density at radius 1 is 1.50 bits per heavy atom. The zero-order valence-electron chi connectivity index (χ0n) is 11.6. The summed E-state index contributed by atoms with van der Waals surface area (Å²) in [5.41, 5.74) is 0.871. The third-order valence-electron chi connectivity index (χ3n) is 2.55. The van der Waals surface area contributed by atoms with E-state index in [1.807, 2.05) is 6.92 Å². The van der Waals surface area contributed by atoms with Crippen LogP contribution < -0.4 is 0 Å². The van der Waals surface area contributed by atoms with Gasteiger partial charge in [0.15, 0.2) is 0 Å². The summed E-state index contributed by atoms with van der Waals surface area (Å²) in [6.45, 7) is 1.77. The number of amides is 1. The van der Waals surface area contributed by atoms with E-state index < -0.39 is 9.84 Å². The first-order valence-corrected chi connectivity index (χ1v) is 8.75. The first-order valence-electron chi connectivity index (χ1n) is 5.88. The molecule has 0 radical (unpaired) electrons. The average molecular weight is 315 g/mol. The summed E-state index contributed by atoms with van der Waals surface area (Å²) in [5.74, 6) is 5.05. The number of carbonyl (C=O) groups excluding carboxylic acids is 1. The van der Waals surface area contributed by atoms with Crippen LogP contribution in [0.5, 0.6) is 0 Å². The van der Waals surface area contributed by atoms with Gasteiger partial charge in [0.2, 0.25) is 0 Å². The minimum absolute atomic E-state index is 0.0588. The minimum Gasteiger partial charge on any atom is -0.384 e. The molecule has 0 aliphatic heterocycles. The molecule has 0 fully saturated rings. The third-order valence-corrected chi connectivity index (χ3v) is 4.62. The van der Waals surface area contributed by atoms with Crippen molar-refractivity contribution in [3.63, 3.8) is 0 Å². The van der Waals surface area contributed by atoms with Gasteiger partial charge in [-0.3, -0.25) is 4.79 Å². The summed E-state index contributed by atoms with van der Waals surface area (Å²) in [5, 5.41) is 8.67. The number of hydrogen-bond acceptors (Lipinski definition) is 5. The number of nitrogens with zero attached hydrogens (tertiary/aromatic N) is 1. The number of sulfone groups is 1. The van der Waals surface area contributed by atoms with Crippen LogP contribution in [0.15, 0.2) is 6.07 Å². The molecule has 1 amide bonds. The molecule has 0 spiro atoms. The van der Waals surface area contributed by atoms with Gasteiger partial charge >= 0.3 is 0 Å². The van der Waals surface area contributed by atoms with Gasteiger partial charge in [0, 0.05) is 19.8 Å². The van der Waals surface area contributed by atoms with E-state index in [-0.39, 0.29) is 24.8 Å². The predicted molar refractivity (Wildman–Crippen MR) is 79.7 cm³/mol. The highest BCUT2D eigenvalue weighted by Gasteiger charge is 2.17. The van der Waals surface area contributed by atoms with E-state index in [2.05, 4.69) is 11.8 Å². The van der Waals surface area contributed by atoms with Gasteiger partial charge in [-0.15, -0.1) is 11.3 Å². The first kappa shape index (κ1) is 16.7. The van der Waals surface area contributed by atoms with Crippen molar-refractivity contribution in [3.05, 3.63) is 21.4 Å². The van der Waals surface area contributed by atoms with Crippen LogP contribution >= 0.6 is 11.3 Å². The second-order valence-corrected chi connectivity index (χ2v) is 7.75. The van der Waals surface area contributed by atoms with Gasteiger partial charge in [-0.2, -0.15) is 0 Å². The molecule has 1 rings (SSSR count). The normalized spacial score (nSPS) is 10.8. The van der Waals surface area contributed by atoms with Crippen LogP contribution in [0.1, 0.15) is 20.1 Å². The summed E-state index contributed by atoms with van der Waals surface area (Å²) in [4.78, 5) is 14.8. The average Bonchev–Trinajstić information content (AvgIpc) is 2.73. The maximum Gasteiger partial charge on any atom is 0.263 e. The number of aliphatic hydroxyl groups is 1. The third kappa shape index (κ3) is 4.96. The van der Waals surface area contributed by atoms with Gasteiger partial charge < -0.3 is 10.0 Å². The van der Waals surface area contributed by atoms with Crippen molar-refractivity contribution in [2.24, 2.45) is 0 Å². The van der Waals surface area contributed by atoms with Crippen LogP contribution in [0.3, 0.4) is 0 Å². The zero-order chi connectivity index (χ0) is 15.3. The smallest absolute Gasteiger partial charge is 0.263 e. The minimum atomic E-state index is -3.09. The predicted octanol–water partition coefficient (Wildman–Crippen LogP) is 0.517. The SMILES string of the molecule is Cc1cc(C(=O)N(C)CCS(C)(=O)=O)sc1C#CCO. The van der Waals surface area contributed by atoms with E-state index >= 15 is 0 Å². The fraction of sp³-hybridized carbons (Fsp3) is 0.462. The molecule has 5 nitrogen and oxygen atoms in total. The summed E-state index contributed by atoms with van der Waals surface area (Å²) >= 11 is 1.24. The van der Waals surface area contributed by atoms with Gasteiger partial charge in [0.05, 0.1) is 15.5 Å². The van der Waals surface area contributed by atoms with Crippen molar-refractivity contribution >= 4 is 27.1 Å². The van der Waals surface area contributed by atoms with Gasteiger partial charge in [-0.05, 0) is 18.6 Å². The molecule has 1 aromatic rings. The number of aryl methyl sites for hydroxylation is 1. The monoisotopic (exact) mass is 315 g/mol. The van der Waals surface area contributed by atoms with Crippen molar-refractivity contribution in [1.82, 2.24) is 4.90 Å². The van der Waals surface area contributed by atoms with Crippen molar-refractivity contribution in [2.45, 2.75) is 6.92 Å². The van der Waals surface area contributed by atoms with Crippen LogP contribution in [0.4, 0.5) is 0 Å². The fourth-order valence-corrected chi connectivity index (χ4v) is 3.07. The van der Waals surface area contributed by atoms with Gasteiger partial charge in [-0.25, -0.2) is 8.42 Å². The van der Waals surface area contributed by atoms with Crippen LogP contribution in [-0.4, -0.2) is 56.5 Å². The van der Waals surface area contributed by atoms with E-state index in [1.165, 1.54) is 16.2 Å². The Morgan fingerprint density at radius 2 is 2.15 bits per heavy atom. The number of aliphatic hydroxyl groups excluding tert-OH is 1. The van der Waals surface area contributed by atoms with Gasteiger partial charge in [0.1, 0.15) is 16.4 Å². The molecule has 110 valence electrons. The molecule has 0 bridgehead atoms. The Labute approximate surface area is 123 Å². The lowest BCUT2D eigenvalue weighted by molar-refractivity contribution is 0.0808. The van der Waals surface area contributed by atoms with Crippen molar-refractivity contribution in [2.75, 3.05) is 32.2 Å². The van der Waals surface area contributed by atoms with Crippen LogP contribution in [-0.2, 0) is 9.84 Å². The molecule has 1 aromatic heterocycles. The Kier molecular flexibility index (Phi) is 5.74. The van der Waals surface area contributed by atoms with E-state index in [4.69, 9.17) is 5.11 Å². The maximum absolute atomic E-state index is 12.1. The molecule has 7 heteroatoms. The highest BCUT2D eigenvalue weighted by atomic mass is 32.2. The molecule has 0 aromatic carbocycles. The lowest BCUT2D eigenvalue weighted by Gasteiger charge is -2.15. The number of carbonyl (C=O) groups is 1. The number of thiophene rings is 1. The largest absolute Gasteiger partial charge is 0.384 e. The van der Waals surface area contributed by atoms with Crippen molar-refractivity contribution in [1.29, 1.82) is 0 Å². The van der Waals surface area contributed by atoms with E-state index in [0.717, 1.165) is 16.7 Å². The molecule has 20 heavy (non-hydrogen) atoms. The molecule has 0 atom stereocenters. The zero-order valence-corrected chi connectivity index (χ0v) is 13.3. The molecular formula is C13H17NO4S2. The molecule has 0 unspecified atom stereocenters. The van der Waals surface area contributed by atoms with Gasteiger partial charge in [-0.1, -0.05) is 11.8 Å². The molecule has 0 aliphatic carbocycles. The molecule has 1 heterocycles. The molecule has 0 saturated heterocycles. The topological polar surface area (TPSA) is 74.7 Å². The fourth-order valence-electron chi connectivity index (χ4n) is 1.42. The highest BCUT2D eigenvalue weighted by molar-refractivity contribution is 7.90. The Morgan fingerprint density at radius 3 is 2.70 bits per heavy atom. The molecular weight excluding hydrogens is 298 g/mol. The van der Waals surface area contributed by atoms with Gasteiger partial charge in [0.25, 0.3) is 5.91 Å². The van der Waals surface area contributed by atoms with Crippen LogP contribution in [0.25, 0.3) is 0 Å². The highest BCUT2D eigenvalue weighted by Crippen LogP contribution is 2.22. The Bertz CT molecular complexity index is 650. The second-order valence-electron chi connectivity index (χ2n) is 4.44. The van der Waals surface area contributed by atoms with E-state index in [0.29, 0.717) is 4.88 Å². The number of rotatable bonds is 4. The molecule has 0 aliphatic rings. The summed E-state index contributed by atoms with van der Waals surface area (Å²) in [6, 6.07) is 1.73. The summed E-state index contributed by atoms with van der Waals surface area (Å²) < 4.78 is 22.2. The Hall–Kier alpha value is -1.36. The number of hydrogen-bond donors (Lipinski definition) is 1. The van der Waals surface area contributed by atoms with E-state index in [9.17, 15) is 13.2 Å². The standard InChI is InChI=1S/C13H17NO4S2/c1-10-9-12(19-11(10)5-4-7-15)13(16)14(2)6-8-20(3,17)18/h9,15H,6-8H2,1-3H3. The molecule has 1 N–H and O–H groups in total. The second kappa shape index (κ2) is 6.88. The Balaban J connectivity index is 2.82. The lowest BCUT2D eigenvalue weighted by Crippen LogP contribution is -2.30. The first-order chi connectivity index (χ1) is 9.24. The van der Waals surface area contributed by atoms with E-state index in [1.54, 1.807) is 13.1 Å². The maximum atomic E-state index is 12.1. The lowest BCUT2D eigenvalue weighted by atomic mass is 10.2. The molecule has 0 saturated carbocycles. The van der Waals surface area contributed by atoms with Crippen LogP contribution in [0.2, 0.25) is 0 Å². The quantitative estimate of drug-likeness (QED) is 0.822. The van der Waals surface area contributed by atoms with Crippen molar-refractivity contribution < 1.29 is 18.3 Å². The van der Waals surface area contributed by atoms with Crippen LogP contribution in [0, 0.1) is 18.8 Å². The summed E-state index contributed by atoms with van der Waals surface area (Å²) in [6.07, 6.45) is 1.14.